The summed E-state index contributed by atoms with van der Waals surface area (Å²) in [4.78, 5) is 11.9. The second-order valence-corrected chi connectivity index (χ2v) is 12.4. The van der Waals surface area contributed by atoms with Crippen LogP contribution < -0.4 is 0 Å². The molecule has 0 amide bonds. The van der Waals surface area contributed by atoms with Gasteiger partial charge in [-0.1, -0.05) is 13.8 Å². The fourth-order valence-electron chi connectivity index (χ4n) is 8.57. The Kier molecular flexibility index (Phi) is 4.93. The second kappa shape index (κ2) is 6.91. The van der Waals surface area contributed by atoms with Gasteiger partial charge in [-0.2, -0.15) is 0 Å². The minimum atomic E-state index is -1.12. The Labute approximate surface area is 186 Å². The van der Waals surface area contributed by atoms with E-state index in [4.69, 9.17) is 18.9 Å². The summed E-state index contributed by atoms with van der Waals surface area (Å²) in [5.74, 6) is 1.34. The number of carbonyl (C=O) groups excluding carboxylic acids is 1. The highest BCUT2D eigenvalue weighted by molar-refractivity contribution is 5.66. The van der Waals surface area contributed by atoms with Crippen LogP contribution in [0, 0.1) is 28.6 Å². The van der Waals surface area contributed by atoms with Gasteiger partial charge >= 0.3 is 5.97 Å². The Bertz CT molecular complexity index is 747. The van der Waals surface area contributed by atoms with Crippen LogP contribution >= 0.6 is 0 Å². The average molecular weight is 437 g/mol. The Morgan fingerprint density at radius 2 is 1.81 bits per heavy atom. The van der Waals surface area contributed by atoms with Crippen LogP contribution in [-0.2, 0) is 23.7 Å². The zero-order valence-corrected chi connectivity index (χ0v) is 20.0. The summed E-state index contributed by atoms with van der Waals surface area (Å²) in [5.41, 5.74) is -0.740. The van der Waals surface area contributed by atoms with Crippen molar-refractivity contribution in [1.29, 1.82) is 0 Å². The van der Waals surface area contributed by atoms with Gasteiger partial charge in [0.1, 0.15) is 5.60 Å². The molecule has 6 nitrogen and oxygen atoms in total. The van der Waals surface area contributed by atoms with Crippen LogP contribution in [0.15, 0.2) is 0 Å². The highest BCUT2D eigenvalue weighted by atomic mass is 16.8. The standard InChI is InChI=1S/C25H40O6/c1-14(26)28-20-21(27)29-19-13-24(6)17-10-11-23(5)16(7-8-18(23)30-22(2,3)4)15(17)9-12-25(20,24)31-19/h15-21,27H,7-13H2,1-6H3/t15-,16-,17-,18-,19+,20-,21+,23-,24+,25+/m0/s1. The Morgan fingerprint density at radius 3 is 2.48 bits per heavy atom. The lowest BCUT2D eigenvalue weighted by atomic mass is 9.45. The number of esters is 1. The molecule has 2 saturated heterocycles. The van der Waals surface area contributed by atoms with Gasteiger partial charge in [0.25, 0.3) is 0 Å². The van der Waals surface area contributed by atoms with Crippen molar-refractivity contribution in [1.82, 2.24) is 0 Å². The van der Waals surface area contributed by atoms with Crippen LogP contribution in [0.4, 0.5) is 0 Å². The van der Waals surface area contributed by atoms with E-state index >= 15 is 0 Å². The fourth-order valence-corrected chi connectivity index (χ4v) is 8.57. The first-order chi connectivity index (χ1) is 14.4. The molecule has 3 saturated carbocycles. The highest BCUT2D eigenvalue weighted by Gasteiger charge is 2.73. The lowest BCUT2D eigenvalue weighted by Crippen LogP contribution is -2.67. The number of hydrogen-bond donors (Lipinski definition) is 1. The number of rotatable bonds is 2. The minimum absolute atomic E-state index is 0.122. The molecule has 2 heterocycles. The number of aliphatic hydroxyl groups excluding tert-OH is 1. The smallest absolute Gasteiger partial charge is 0.303 e. The molecule has 5 rings (SSSR count). The molecule has 6 heteroatoms. The van der Waals surface area contributed by atoms with Gasteiger partial charge in [-0.25, -0.2) is 0 Å². The minimum Gasteiger partial charge on any atom is -0.454 e. The number of carbonyl (C=O) groups is 1. The van der Waals surface area contributed by atoms with E-state index in [1.54, 1.807) is 0 Å². The van der Waals surface area contributed by atoms with Gasteiger partial charge in [0.2, 0.25) is 0 Å². The summed E-state index contributed by atoms with van der Waals surface area (Å²) < 4.78 is 24.4. The summed E-state index contributed by atoms with van der Waals surface area (Å²) in [6.07, 6.45) is 5.26. The molecule has 31 heavy (non-hydrogen) atoms. The van der Waals surface area contributed by atoms with Crippen molar-refractivity contribution in [3.8, 4) is 0 Å². The van der Waals surface area contributed by atoms with Gasteiger partial charge in [-0.05, 0) is 82.5 Å². The third-order valence-corrected chi connectivity index (χ3v) is 9.72. The number of hydrogen-bond acceptors (Lipinski definition) is 6. The van der Waals surface area contributed by atoms with Gasteiger partial charge in [0.05, 0.1) is 11.7 Å². The number of ether oxygens (including phenoxy) is 4. The van der Waals surface area contributed by atoms with Crippen LogP contribution in [-0.4, -0.2) is 47.1 Å². The van der Waals surface area contributed by atoms with E-state index in [9.17, 15) is 9.90 Å². The lowest BCUT2D eigenvalue weighted by Gasteiger charge is -2.61. The van der Waals surface area contributed by atoms with E-state index in [0.717, 1.165) is 38.5 Å². The average Bonchev–Trinajstić information content (AvgIpc) is 3.09. The van der Waals surface area contributed by atoms with Crippen molar-refractivity contribution in [2.45, 2.75) is 122 Å². The largest absolute Gasteiger partial charge is 0.454 e. The molecule has 0 aromatic rings. The Morgan fingerprint density at radius 1 is 1.06 bits per heavy atom. The van der Waals surface area contributed by atoms with Crippen molar-refractivity contribution < 1.29 is 28.8 Å². The van der Waals surface area contributed by atoms with Gasteiger partial charge in [0.15, 0.2) is 18.7 Å². The van der Waals surface area contributed by atoms with Crippen LogP contribution in [0.25, 0.3) is 0 Å². The highest BCUT2D eigenvalue weighted by Crippen LogP contribution is 2.70. The predicted octanol–water partition coefficient (Wildman–Crippen LogP) is 4.18. The van der Waals surface area contributed by atoms with Crippen molar-refractivity contribution in [3.63, 3.8) is 0 Å². The molecule has 0 aromatic heterocycles. The zero-order valence-electron chi connectivity index (χ0n) is 20.0. The molecule has 1 spiro atoms. The monoisotopic (exact) mass is 436 g/mol. The molecule has 176 valence electrons. The van der Waals surface area contributed by atoms with Crippen molar-refractivity contribution in [3.05, 3.63) is 0 Å². The Hall–Kier alpha value is -0.690. The van der Waals surface area contributed by atoms with Crippen molar-refractivity contribution in [2.75, 3.05) is 0 Å². The first-order valence-electron chi connectivity index (χ1n) is 12.3. The summed E-state index contributed by atoms with van der Waals surface area (Å²) in [7, 11) is 0. The summed E-state index contributed by atoms with van der Waals surface area (Å²) in [6, 6.07) is 0. The Balaban J connectivity index is 1.46. The molecular weight excluding hydrogens is 396 g/mol. The summed E-state index contributed by atoms with van der Waals surface area (Å²) in [6.45, 7) is 12.7. The SMILES string of the molecule is CC(=O)O[C@H]1[C@H](O)O[C@H]2C[C@]3(C)[C@H]4CC[C@]5(C)[C@@H](OC(C)(C)C)CC[C@H]5[C@@H]4CC[C@@]13O2. The third kappa shape index (κ3) is 3.08. The van der Waals surface area contributed by atoms with Crippen LogP contribution in [0.3, 0.4) is 0 Å². The molecule has 1 N–H and O–H groups in total. The molecule has 10 atom stereocenters. The first-order valence-corrected chi connectivity index (χ1v) is 12.3. The molecule has 5 fully saturated rings. The maximum atomic E-state index is 11.9. The molecular formula is C25H40O6. The van der Waals surface area contributed by atoms with Gasteiger partial charge in [0, 0.05) is 18.8 Å². The van der Waals surface area contributed by atoms with Gasteiger partial charge < -0.3 is 24.1 Å². The van der Waals surface area contributed by atoms with Crippen LogP contribution in [0.1, 0.15) is 86.5 Å². The molecule has 3 aliphatic carbocycles. The third-order valence-electron chi connectivity index (χ3n) is 9.72. The number of fused-ring (bicyclic) bond motifs is 5. The molecule has 5 aliphatic rings. The maximum absolute atomic E-state index is 11.9. The van der Waals surface area contributed by atoms with E-state index in [-0.39, 0.29) is 16.4 Å². The summed E-state index contributed by atoms with van der Waals surface area (Å²) >= 11 is 0. The molecule has 0 aromatic carbocycles. The van der Waals surface area contributed by atoms with Crippen LogP contribution in [0.5, 0.6) is 0 Å². The fraction of sp³-hybridized carbons (Fsp3) is 0.960. The van der Waals surface area contributed by atoms with Gasteiger partial charge in [-0.15, -0.1) is 0 Å². The number of aliphatic hydroxyl groups is 1. The molecule has 2 aliphatic heterocycles. The van der Waals surface area contributed by atoms with E-state index in [1.807, 2.05) is 0 Å². The topological polar surface area (TPSA) is 74.2 Å². The van der Waals surface area contributed by atoms with Crippen molar-refractivity contribution >= 4 is 5.97 Å². The second-order valence-electron chi connectivity index (χ2n) is 12.4. The van der Waals surface area contributed by atoms with E-state index in [1.165, 1.54) is 13.3 Å². The molecule has 2 bridgehead atoms. The lowest BCUT2D eigenvalue weighted by molar-refractivity contribution is -0.358. The quantitative estimate of drug-likeness (QED) is 0.655. The van der Waals surface area contributed by atoms with Gasteiger partial charge in [-0.3, -0.25) is 4.79 Å². The van der Waals surface area contributed by atoms with E-state index in [2.05, 4.69) is 34.6 Å². The molecule has 0 unspecified atom stereocenters. The molecule has 0 radical (unpaired) electrons. The van der Waals surface area contributed by atoms with E-state index in [0.29, 0.717) is 23.9 Å². The summed E-state index contributed by atoms with van der Waals surface area (Å²) in [5, 5.41) is 10.7. The first kappa shape index (κ1) is 22.1. The predicted molar refractivity (Wildman–Crippen MR) is 114 cm³/mol. The zero-order chi connectivity index (χ0) is 22.4. The van der Waals surface area contributed by atoms with Crippen molar-refractivity contribution in [2.24, 2.45) is 28.6 Å². The van der Waals surface area contributed by atoms with Crippen LogP contribution in [0.2, 0.25) is 0 Å². The maximum Gasteiger partial charge on any atom is 0.303 e. The normalized spacial score (nSPS) is 53.5. The van der Waals surface area contributed by atoms with E-state index < -0.39 is 30.3 Å².